The van der Waals surface area contributed by atoms with E-state index in [4.69, 9.17) is 0 Å². The summed E-state index contributed by atoms with van der Waals surface area (Å²) in [5, 5.41) is 3.13. The molecule has 0 spiro atoms. The zero-order valence-corrected chi connectivity index (χ0v) is 5.62. The molecule has 1 rings (SSSR count). The number of rotatable bonds is 2. The van der Waals surface area contributed by atoms with E-state index in [1.54, 1.807) is 11.1 Å². The van der Waals surface area contributed by atoms with Gasteiger partial charge in [0, 0.05) is 6.54 Å². The van der Waals surface area contributed by atoms with Crippen LogP contribution in [0.3, 0.4) is 0 Å². The van der Waals surface area contributed by atoms with Gasteiger partial charge in [0.15, 0.2) is 0 Å². The Morgan fingerprint density at radius 1 is 1.62 bits per heavy atom. The number of hydrogen-bond acceptors (Lipinski definition) is 1. The molecule has 8 heavy (non-hydrogen) atoms. The topological polar surface area (TPSA) is 12.0 Å². The summed E-state index contributed by atoms with van der Waals surface area (Å²) in [6.45, 7) is 3.29. The van der Waals surface area contributed by atoms with Gasteiger partial charge in [-0.25, -0.2) is 0 Å². The van der Waals surface area contributed by atoms with E-state index in [0.29, 0.717) is 0 Å². The summed E-state index contributed by atoms with van der Waals surface area (Å²) in [4.78, 5) is 0. The first-order valence-electron chi connectivity index (χ1n) is 3.16. The van der Waals surface area contributed by atoms with Crippen molar-refractivity contribution in [3.05, 3.63) is 11.1 Å². The molecule has 1 saturated carbocycles. The van der Waals surface area contributed by atoms with Crippen LogP contribution in [0.4, 0.5) is 0 Å². The average Bonchev–Trinajstić information content (AvgIpc) is 2.45. The molecular weight excluding hydrogens is 98.1 g/mol. The number of nitrogens with one attached hydrogen (secondary N) is 1. The summed E-state index contributed by atoms with van der Waals surface area (Å²) in [5.74, 6) is 0. The zero-order chi connectivity index (χ0) is 5.98. The van der Waals surface area contributed by atoms with Crippen molar-refractivity contribution >= 4 is 0 Å². The molecule has 0 unspecified atom stereocenters. The van der Waals surface area contributed by atoms with Crippen LogP contribution in [-0.4, -0.2) is 13.6 Å². The maximum Gasteiger partial charge on any atom is 0.0161 e. The van der Waals surface area contributed by atoms with Gasteiger partial charge in [0.25, 0.3) is 0 Å². The smallest absolute Gasteiger partial charge is 0.0161 e. The van der Waals surface area contributed by atoms with Crippen LogP contribution in [0.15, 0.2) is 11.1 Å². The predicted octanol–water partition coefficient (Wildman–Crippen LogP) is 1.32. The Balaban J connectivity index is 2.33. The molecule has 0 bridgehead atoms. The Kier molecular flexibility index (Phi) is 1.69. The summed E-state index contributed by atoms with van der Waals surface area (Å²) >= 11 is 0. The van der Waals surface area contributed by atoms with Gasteiger partial charge in [-0.3, -0.25) is 0 Å². The van der Waals surface area contributed by atoms with Crippen LogP contribution in [0.25, 0.3) is 0 Å². The van der Waals surface area contributed by atoms with Crippen LogP contribution in [0, 0.1) is 0 Å². The first kappa shape index (κ1) is 5.83. The first-order chi connectivity index (χ1) is 3.84. The third-order valence-electron chi connectivity index (χ3n) is 1.55. The van der Waals surface area contributed by atoms with Crippen LogP contribution in [0.1, 0.15) is 19.8 Å². The SMILES string of the molecule is CNCC(C)=C1CC1. The fraction of sp³-hybridized carbons (Fsp3) is 0.714. The molecule has 0 amide bonds. The van der Waals surface area contributed by atoms with E-state index in [-0.39, 0.29) is 0 Å². The molecule has 1 aliphatic rings. The summed E-state index contributed by atoms with van der Waals surface area (Å²) in [6, 6.07) is 0. The Hall–Kier alpha value is -0.300. The van der Waals surface area contributed by atoms with Gasteiger partial charge in [-0.2, -0.15) is 0 Å². The number of hydrogen-bond donors (Lipinski definition) is 1. The molecule has 0 atom stereocenters. The molecule has 1 aliphatic carbocycles. The second kappa shape index (κ2) is 2.31. The lowest BCUT2D eigenvalue weighted by molar-refractivity contribution is 0.876. The lowest BCUT2D eigenvalue weighted by Crippen LogP contribution is -2.08. The Morgan fingerprint density at radius 2 is 2.25 bits per heavy atom. The van der Waals surface area contributed by atoms with Gasteiger partial charge in [0.05, 0.1) is 0 Å². The zero-order valence-electron chi connectivity index (χ0n) is 5.62. The predicted molar refractivity (Wildman–Crippen MR) is 35.9 cm³/mol. The summed E-state index contributed by atoms with van der Waals surface area (Å²) in [7, 11) is 1.99. The first-order valence-corrected chi connectivity index (χ1v) is 3.16. The van der Waals surface area contributed by atoms with Crippen molar-refractivity contribution in [2.24, 2.45) is 0 Å². The Labute approximate surface area is 50.8 Å². The second-order valence-electron chi connectivity index (χ2n) is 2.41. The number of likely N-dealkylation sites (N-methyl/N-ethyl adjacent to an activating group) is 1. The van der Waals surface area contributed by atoms with E-state index < -0.39 is 0 Å². The largest absolute Gasteiger partial charge is 0.316 e. The van der Waals surface area contributed by atoms with Crippen molar-refractivity contribution in [3.63, 3.8) is 0 Å². The minimum absolute atomic E-state index is 1.08. The maximum absolute atomic E-state index is 3.13. The van der Waals surface area contributed by atoms with Gasteiger partial charge in [0.2, 0.25) is 0 Å². The van der Waals surface area contributed by atoms with Gasteiger partial charge in [-0.05, 0) is 26.8 Å². The van der Waals surface area contributed by atoms with Gasteiger partial charge in [-0.1, -0.05) is 11.1 Å². The second-order valence-corrected chi connectivity index (χ2v) is 2.41. The third-order valence-corrected chi connectivity index (χ3v) is 1.55. The van der Waals surface area contributed by atoms with Crippen molar-refractivity contribution in [2.75, 3.05) is 13.6 Å². The molecular formula is C7H13N. The standard InChI is InChI=1S/C7H13N/c1-6(5-8-2)7-3-4-7/h8H,3-5H2,1-2H3. The van der Waals surface area contributed by atoms with E-state index >= 15 is 0 Å². The fourth-order valence-electron chi connectivity index (χ4n) is 0.879. The molecule has 0 aromatic carbocycles. The van der Waals surface area contributed by atoms with Crippen molar-refractivity contribution in [3.8, 4) is 0 Å². The normalized spacial score (nSPS) is 16.5. The molecule has 0 aliphatic heterocycles. The maximum atomic E-state index is 3.13. The molecule has 0 aromatic rings. The summed E-state index contributed by atoms with van der Waals surface area (Å²) in [5.41, 5.74) is 3.21. The molecule has 1 fully saturated rings. The van der Waals surface area contributed by atoms with E-state index in [2.05, 4.69) is 12.2 Å². The van der Waals surface area contributed by atoms with Crippen LogP contribution in [0.5, 0.6) is 0 Å². The summed E-state index contributed by atoms with van der Waals surface area (Å²) in [6.07, 6.45) is 2.71. The number of allylic oxidation sites excluding steroid dienone is 1. The highest BCUT2D eigenvalue weighted by Gasteiger charge is 2.13. The molecule has 1 nitrogen and oxygen atoms in total. The lowest BCUT2D eigenvalue weighted by Gasteiger charge is -1.95. The van der Waals surface area contributed by atoms with E-state index in [0.717, 1.165) is 6.54 Å². The third kappa shape index (κ3) is 1.34. The molecule has 0 heterocycles. The van der Waals surface area contributed by atoms with Crippen molar-refractivity contribution < 1.29 is 0 Å². The molecule has 0 saturated heterocycles. The van der Waals surface area contributed by atoms with Crippen molar-refractivity contribution in [1.82, 2.24) is 5.32 Å². The van der Waals surface area contributed by atoms with Gasteiger partial charge >= 0.3 is 0 Å². The fourth-order valence-corrected chi connectivity index (χ4v) is 0.879. The Bertz CT molecular complexity index is 108. The lowest BCUT2D eigenvalue weighted by atomic mass is 10.3. The minimum Gasteiger partial charge on any atom is -0.316 e. The molecule has 0 radical (unpaired) electrons. The molecule has 1 heteroatoms. The van der Waals surface area contributed by atoms with Gasteiger partial charge in [0.1, 0.15) is 0 Å². The highest BCUT2D eigenvalue weighted by Crippen LogP contribution is 2.30. The van der Waals surface area contributed by atoms with E-state index in [1.165, 1.54) is 12.8 Å². The van der Waals surface area contributed by atoms with E-state index in [9.17, 15) is 0 Å². The quantitative estimate of drug-likeness (QED) is 0.530. The van der Waals surface area contributed by atoms with Gasteiger partial charge < -0.3 is 5.32 Å². The summed E-state index contributed by atoms with van der Waals surface area (Å²) < 4.78 is 0. The molecule has 0 aromatic heterocycles. The monoisotopic (exact) mass is 111 g/mol. The minimum atomic E-state index is 1.08. The Morgan fingerprint density at radius 3 is 2.62 bits per heavy atom. The van der Waals surface area contributed by atoms with Crippen LogP contribution in [0.2, 0.25) is 0 Å². The van der Waals surface area contributed by atoms with Crippen LogP contribution < -0.4 is 5.32 Å². The van der Waals surface area contributed by atoms with E-state index in [1.807, 2.05) is 7.05 Å². The molecule has 46 valence electrons. The van der Waals surface area contributed by atoms with Crippen LogP contribution >= 0.6 is 0 Å². The van der Waals surface area contributed by atoms with Gasteiger partial charge in [-0.15, -0.1) is 0 Å². The molecule has 1 N–H and O–H groups in total. The van der Waals surface area contributed by atoms with Crippen LogP contribution in [-0.2, 0) is 0 Å². The van der Waals surface area contributed by atoms with Crippen molar-refractivity contribution in [1.29, 1.82) is 0 Å². The van der Waals surface area contributed by atoms with Crippen molar-refractivity contribution in [2.45, 2.75) is 19.8 Å². The average molecular weight is 111 g/mol. The highest BCUT2D eigenvalue weighted by molar-refractivity contribution is 5.24. The highest BCUT2D eigenvalue weighted by atomic mass is 14.8.